The van der Waals surface area contributed by atoms with Crippen LogP contribution < -0.4 is 0 Å². The van der Waals surface area contributed by atoms with Crippen LogP contribution in [0.3, 0.4) is 0 Å². The molecular weight excluding hydrogens is 1000 g/mol. The van der Waals surface area contributed by atoms with E-state index in [-0.39, 0.29) is 46.0 Å². The van der Waals surface area contributed by atoms with E-state index < -0.39 is 166 Å². The zero-order chi connectivity index (χ0) is 55.4. The topological polar surface area (TPSA) is 374 Å². The molecule has 4 saturated carbocycles. The van der Waals surface area contributed by atoms with E-state index in [0.717, 1.165) is 12.8 Å². The number of hydrogen-bond acceptors (Lipinski definition) is 23. The van der Waals surface area contributed by atoms with Crippen LogP contribution in [0.5, 0.6) is 0 Å². The maximum atomic E-state index is 14.7. The molecule has 436 valence electrons. The molecular formula is C53H86O23. The zero-order valence-electron chi connectivity index (χ0n) is 44.4. The SMILES string of the molecule is CC1(C)CC[C@]2(C(=O)O[C@@H]3O[C@H](CO)[C@@H](O)[C@H](O)[C@H]3O)CC[C@]3(C)C(=CC[C@@H]4[C@@]5(C)CC[C@H](O[C@@H]6O[C@H](CO)[C@@H](O)[C@H](O[C@@H]7O[C@H](CO)[C@H](O)[C@H](O[C@@H]8OC[C@@H](O)[C@H](O)[C@H]8O)[C@H]7O)[C@H]6O)[C@@](C)(CO)[C@@H]5CC[C@]43C)[C@@H]2C1. The van der Waals surface area contributed by atoms with Gasteiger partial charge < -0.3 is 109 Å². The van der Waals surface area contributed by atoms with Gasteiger partial charge in [0.15, 0.2) is 18.9 Å². The fourth-order valence-corrected chi connectivity index (χ4v) is 16.3. The van der Waals surface area contributed by atoms with E-state index in [1.807, 2.05) is 6.92 Å². The molecule has 4 saturated heterocycles. The summed E-state index contributed by atoms with van der Waals surface area (Å²) in [5.41, 5.74) is -1.74. The molecule has 76 heavy (non-hydrogen) atoms. The van der Waals surface area contributed by atoms with Crippen molar-refractivity contribution in [2.45, 2.75) is 229 Å². The Hall–Kier alpha value is -1.63. The molecule has 5 aliphatic carbocycles. The van der Waals surface area contributed by atoms with Crippen LogP contribution >= 0.6 is 0 Å². The molecule has 0 bridgehead atoms. The third-order valence-corrected chi connectivity index (χ3v) is 21.2. The highest BCUT2D eigenvalue weighted by atomic mass is 16.8. The molecule has 8 fully saturated rings. The normalized spacial score (nSPS) is 54.3. The lowest BCUT2D eigenvalue weighted by Gasteiger charge is -2.71. The molecule has 23 heteroatoms. The number of hydrogen-bond donors (Lipinski definition) is 14. The lowest BCUT2D eigenvalue weighted by Crippen LogP contribution is -2.68. The Bertz CT molecular complexity index is 2080. The molecule has 0 unspecified atom stereocenters. The van der Waals surface area contributed by atoms with Crippen molar-refractivity contribution in [3.8, 4) is 0 Å². The molecule has 9 aliphatic rings. The largest absolute Gasteiger partial charge is 0.432 e. The van der Waals surface area contributed by atoms with Gasteiger partial charge in [0, 0.05) is 5.41 Å². The van der Waals surface area contributed by atoms with Gasteiger partial charge in [-0.25, -0.2) is 0 Å². The second-order valence-electron chi connectivity index (χ2n) is 25.7. The summed E-state index contributed by atoms with van der Waals surface area (Å²) < 4.78 is 47.1. The standard InChI is InChI=1S/C53H86O23/c1-48(2)13-15-53(47(68)76-44-38(65)36(63)33(60)26(18-54)70-44)16-14-51(5)23(24(53)17-48)7-8-30-49(3)11-10-31(50(4,22-57)29(49)9-12-52(30,51)6)73-45-39(66)42(35(62)27(19-55)71-45)75-46-40(67)41(34(61)28(20-56)72-46)74-43-37(64)32(59)25(58)21-69-43/h7,24-46,54-67H,8-22H2,1-6H3/t24-,25+,26+,27+,28+,29+,30+,31-,32-,33+,34-,35+,36-,37+,38+,39+,40+,41-,42-,43-,44-,45-,46-,49-,50-,51+,52+,53-/m0/s1. The van der Waals surface area contributed by atoms with Gasteiger partial charge in [0.2, 0.25) is 6.29 Å². The lowest BCUT2D eigenvalue weighted by atomic mass is 9.33. The number of rotatable bonds is 12. The molecule has 28 atom stereocenters. The molecule has 14 N–H and O–H groups in total. The highest BCUT2D eigenvalue weighted by Gasteiger charge is 2.71. The predicted molar refractivity (Wildman–Crippen MR) is 258 cm³/mol. The maximum absolute atomic E-state index is 14.7. The van der Waals surface area contributed by atoms with E-state index in [2.05, 4.69) is 40.7 Å². The van der Waals surface area contributed by atoms with Gasteiger partial charge >= 0.3 is 5.97 Å². The Morgan fingerprint density at radius 3 is 1.74 bits per heavy atom. The van der Waals surface area contributed by atoms with Crippen molar-refractivity contribution in [3.05, 3.63) is 11.6 Å². The minimum atomic E-state index is -1.93. The number of aliphatic hydroxyl groups is 14. The first-order valence-corrected chi connectivity index (χ1v) is 27.4. The van der Waals surface area contributed by atoms with Crippen LogP contribution in [0.2, 0.25) is 0 Å². The van der Waals surface area contributed by atoms with Gasteiger partial charge in [-0.3, -0.25) is 4.79 Å². The van der Waals surface area contributed by atoms with E-state index in [1.54, 1.807) is 0 Å². The first-order valence-electron chi connectivity index (χ1n) is 27.4. The third kappa shape index (κ3) is 9.46. The summed E-state index contributed by atoms with van der Waals surface area (Å²) in [6, 6.07) is 0. The Morgan fingerprint density at radius 1 is 0.579 bits per heavy atom. The van der Waals surface area contributed by atoms with Gasteiger partial charge in [-0.05, 0) is 104 Å². The van der Waals surface area contributed by atoms with Crippen LogP contribution in [0.4, 0.5) is 0 Å². The number of carbonyl (C=O) groups is 1. The summed E-state index contributed by atoms with van der Waals surface area (Å²) in [7, 11) is 0. The van der Waals surface area contributed by atoms with E-state index in [4.69, 9.17) is 37.9 Å². The van der Waals surface area contributed by atoms with Gasteiger partial charge in [-0.15, -0.1) is 0 Å². The number of carbonyl (C=O) groups excluding carboxylic acids is 1. The summed E-state index contributed by atoms with van der Waals surface area (Å²) in [6.07, 6.45) is -23.3. The lowest BCUT2D eigenvalue weighted by molar-refractivity contribution is -0.382. The molecule has 9 rings (SSSR count). The highest BCUT2D eigenvalue weighted by molar-refractivity contribution is 5.79. The van der Waals surface area contributed by atoms with Crippen LogP contribution in [-0.2, 0) is 42.7 Å². The number of aliphatic hydroxyl groups excluding tert-OH is 14. The fraction of sp³-hybridized carbons (Fsp3) is 0.943. The zero-order valence-corrected chi connectivity index (χ0v) is 44.4. The van der Waals surface area contributed by atoms with Crippen molar-refractivity contribution in [3.63, 3.8) is 0 Å². The van der Waals surface area contributed by atoms with Crippen molar-refractivity contribution in [2.75, 3.05) is 33.0 Å². The van der Waals surface area contributed by atoms with Crippen molar-refractivity contribution < 1.29 is 114 Å². The van der Waals surface area contributed by atoms with Crippen molar-refractivity contribution >= 4 is 5.97 Å². The molecule has 23 nitrogen and oxygen atoms in total. The Labute approximate surface area is 442 Å². The Balaban J connectivity index is 0.933. The van der Waals surface area contributed by atoms with Crippen molar-refractivity contribution in [1.82, 2.24) is 0 Å². The van der Waals surface area contributed by atoms with Gasteiger partial charge in [-0.1, -0.05) is 53.2 Å². The average Bonchev–Trinajstić information content (AvgIpc) is 3.56. The Kier molecular flexibility index (Phi) is 16.8. The van der Waals surface area contributed by atoms with Gasteiger partial charge in [0.1, 0.15) is 91.6 Å². The summed E-state index contributed by atoms with van der Waals surface area (Å²) >= 11 is 0. The number of allylic oxidation sites excluding steroid dienone is 2. The molecule has 0 amide bonds. The van der Waals surface area contributed by atoms with E-state index in [1.165, 1.54) is 5.57 Å². The molecule has 4 heterocycles. The minimum Gasteiger partial charge on any atom is -0.432 e. The summed E-state index contributed by atoms with van der Waals surface area (Å²) in [4.78, 5) is 14.7. The Morgan fingerprint density at radius 2 is 1.13 bits per heavy atom. The average molecular weight is 1090 g/mol. The molecule has 0 spiro atoms. The summed E-state index contributed by atoms with van der Waals surface area (Å²) in [5, 5.41) is 150. The van der Waals surface area contributed by atoms with Crippen LogP contribution in [-0.4, -0.2) is 233 Å². The first-order chi connectivity index (χ1) is 35.7. The molecule has 0 aromatic rings. The fourth-order valence-electron chi connectivity index (χ4n) is 16.3. The summed E-state index contributed by atoms with van der Waals surface area (Å²) in [6.45, 7) is 10.4. The summed E-state index contributed by atoms with van der Waals surface area (Å²) in [5.74, 6) is -0.735. The second kappa shape index (κ2) is 21.6. The van der Waals surface area contributed by atoms with Crippen LogP contribution in [0.25, 0.3) is 0 Å². The van der Waals surface area contributed by atoms with Crippen LogP contribution in [0, 0.1) is 50.2 Å². The smallest absolute Gasteiger partial charge is 0.315 e. The van der Waals surface area contributed by atoms with Crippen LogP contribution in [0.15, 0.2) is 11.6 Å². The van der Waals surface area contributed by atoms with E-state index >= 15 is 0 Å². The number of ether oxygens (including phenoxy) is 8. The number of esters is 1. The third-order valence-electron chi connectivity index (χ3n) is 21.2. The molecule has 4 aliphatic heterocycles. The molecule has 0 aromatic carbocycles. The second-order valence-corrected chi connectivity index (χ2v) is 25.7. The maximum Gasteiger partial charge on any atom is 0.315 e. The van der Waals surface area contributed by atoms with Gasteiger partial charge in [0.25, 0.3) is 0 Å². The minimum absolute atomic E-state index is 0.111. The monoisotopic (exact) mass is 1090 g/mol. The van der Waals surface area contributed by atoms with Crippen molar-refractivity contribution in [1.29, 1.82) is 0 Å². The van der Waals surface area contributed by atoms with Gasteiger partial charge in [0.05, 0.1) is 44.6 Å². The van der Waals surface area contributed by atoms with Crippen LogP contribution in [0.1, 0.15) is 106 Å². The first kappa shape index (κ1) is 59.0. The quantitative estimate of drug-likeness (QED) is 0.0549. The predicted octanol–water partition coefficient (Wildman–Crippen LogP) is -2.42. The molecule has 0 aromatic heterocycles. The van der Waals surface area contributed by atoms with Crippen molar-refractivity contribution in [2.24, 2.45) is 50.2 Å². The highest BCUT2D eigenvalue weighted by Crippen LogP contribution is 2.76. The number of fused-ring (bicyclic) bond motifs is 7. The van der Waals surface area contributed by atoms with Gasteiger partial charge in [-0.2, -0.15) is 0 Å². The van der Waals surface area contributed by atoms with E-state index in [0.29, 0.717) is 51.4 Å². The molecule has 0 radical (unpaired) electrons. The van der Waals surface area contributed by atoms with E-state index in [9.17, 15) is 76.3 Å².